The van der Waals surface area contributed by atoms with Crippen LogP contribution in [0, 0.1) is 0 Å². The molecule has 8 aromatic carbocycles. The Bertz CT molecular complexity index is 3250. The number of rotatable bonds is 3. The molecule has 240 valence electrons. The molecule has 0 spiro atoms. The quantitative estimate of drug-likeness (QED) is 0.189. The van der Waals surface area contributed by atoms with Crippen molar-refractivity contribution in [3.8, 4) is 45.1 Å². The van der Waals surface area contributed by atoms with Gasteiger partial charge in [-0.15, -0.1) is 0 Å². The van der Waals surface area contributed by atoms with Crippen molar-refractivity contribution in [1.29, 1.82) is 0 Å². The van der Waals surface area contributed by atoms with Gasteiger partial charge in [0.25, 0.3) is 0 Å². The van der Waals surface area contributed by atoms with Crippen LogP contribution in [0.2, 0.25) is 0 Å². The Morgan fingerprint density at radius 3 is 1.67 bits per heavy atom. The highest BCUT2D eigenvalue weighted by Crippen LogP contribution is 2.46. The number of hydrogen-bond donors (Lipinski definition) is 0. The van der Waals surface area contributed by atoms with Gasteiger partial charge in [0.2, 0.25) is 0 Å². The van der Waals surface area contributed by atoms with Gasteiger partial charge in [0.05, 0.1) is 33.3 Å². The van der Waals surface area contributed by atoms with Crippen LogP contribution in [-0.2, 0) is 0 Å². The summed E-state index contributed by atoms with van der Waals surface area (Å²) in [5.41, 5.74) is 13.7. The number of aromatic nitrogens is 4. The van der Waals surface area contributed by atoms with Crippen molar-refractivity contribution in [1.82, 2.24) is 19.1 Å². The molecule has 0 N–H and O–H groups in total. The molecular weight excluding hydrogens is 633 g/mol. The van der Waals surface area contributed by atoms with Crippen molar-refractivity contribution in [2.45, 2.75) is 0 Å². The van der Waals surface area contributed by atoms with Gasteiger partial charge in [0, 0.05) is 49.4 Å². The van der Waals surface area contributed by atoms with Crippen molar-refractivity contribution in [3.05, 3.63) is 170 Å². The molecule has 0 saturated heterocycles. The summed E-state index contributed by atoms with van der Waals surface area (Å²) < 4.78 is 4.80. The van der Waals surface area contributed by atoms with Gasteiger partial charge in [-0.05, 0) is 82.6 Å². The SMILES string of the molecule is c1ccc2c(c1)-c1cccc3nc(-c4ccc5cc(-n6c7ccccc7c7cc(-n8c9ccccc9c9ccccc98)ccc76)ccc5c4)nc-2c13. The molecule has 0 radical (unpaired) electrons. The number of hydrogen-bond acceptors (Lipinski definition) is 2. The first-order valence-electron chi connectivity index (χ1n) is 17.8. The molecule has 0 bridgehead atoms. The fraction of sp³-hybridized carbons (Fsp3) is 0. The van der Waals surface area contributed by atoms with Crippen LogP contribution in [0.25, 0.3) is 110 Å². The number of benzene rings is 8. The molecule has 0 aliphatic heterocycles. The fourth-order valence-corrected chi connectivity index (χ4v) is 8.75. The van der Waals surface area contributed by atoms with Crippen LogP contribution in [0.1, 0.15) is 0 Å². The van der Waals surface area contributed by atoms with Gasteiger partial charge in [0.1, 0.15) is 0 Å². The normalized spacial score (nSPS) is 12.2. The van der Waals surface area contributed by atoms with Gasteiger partial charge in [-0.2, -0.15) is 0 Å². The first-order chi connectivity index (χ1) is 25.8. The van der Waals surface area contributed by atoms with E-state index in [1.165, 1.54) is 65.7 Å². The lowest BCUT2D eigenvalue weighted by molar-refractivity contribution is 1.17. The fourth-order valence-electron chi connectivity index (χ4n) is 8.75. The number of nitrogens with zero attached hydrogens (tertiary/aromatic N) is 4. The second kappa shape index (κ2) is 10.3. The summed E-state index contributed by atoms with van der Waals surface area (Å²) in [5, 5.41) is 8.48. The largest absolute Gasteiger partial charge is 0.309 e. The molecule has 4 heteroatoms. The Kier molecular flexibility index (Phi) is 5.47. The zero-order valence-electron chi connectivity index (χ0n) is 28.0. The Morgan fingerprint density at radius 1 is 0.365 bits per heavy atom. The second-order valence-electron chi connectivity index (χ2n) is 13.8. The minimum atomic E-state index is 0.754. The van der Waals surface area contributed by atoms with Crippen LogP contribution in [0.3, 0.4) is 0 Å². The predicted molar refractivity (Wildman–Crippen MR) is 216 cm³/mol. The summed E-state index contributed by atoms with van der Waals surface area (Å²) in [5.74, 6) is 0.754. The van der Waals surface area contributed by atoms with Gasteiger partial charge >= 0.3 is 0 Å². The van der Waals surface area contributed by atoms with Gasteiger partial charge in [-0.1, -0.05) is 109 Å². The molecule has 1 aliphatic carbocycles. The van der Waals surface area contributed by atoms with E-state index in [-0.39, 0.29) is 0 Å². The highest BCUT2D eigenvalue weighted by molar-refractivity contribution is 6.14. The summed E-state index contributed by atoms with van der Waals surface area (Å²) in [6.45, 7) is 0. The van der Waals surface area contributed by atoms with E-state index in [1.807, 2.05) is 0 Å². The molecular formula is C48H28N4. The van der Waals surface area contributed by atoms with E-state index in [4.69, 9.17) is 9.97 Å². The third-order valence-electron chi connectivity index (χ3n) is 11.0. The third-order valence-corrected chi connectivity index (χ3v) is 11.0. The first-order valence-corrected chi connectivity index (χ1v) is 17.8. The summed E-state index contributed by atoms with van der Waals surface area (Å²) in [6, 6.07) is 61.3. The molecule has 4 nitrogen and oxygen atoms in total. The molecule has 12 rings (SSSR count). The zero-order chi connectivity index (χ0) is 33.9. The Morgan fingerprint density at radius 2 is 0.923 bits per heavy atom. The predicted octanol–water partition coefficient (Wildman–Crippen LogP) is 12.3. The van der Waals surface area contributed by atoms with Gasteiger partial charge in [-0.3, -0.25) is 0 Å². The maximum atomic E-state index is 5.16. The molecule has 0 saturated carbocycles. The van der Waals surface area contributed by atoms with Crippen molar-refractivity contribution >= 4 is 65.3 Å². The second-order valence-corrected chi connectivity index (χ2v) is 13.8. The Balaban J connectivity index is 0.997. The summed E-state index contributed by atoms with van der Waals surface area (Å²) in [7, 11) is 0. The Hall–Kier alpha value is -7.04. The van der Waals surface area contributed by atoms with E-state index >= 15 is 0 Å². The van der Waals surface area contributed by atoms with Crippen molar-refractivity contribution in [2.24, 2.45) is 0 Å². The standard InChI is InChI=1S/C48H28N4/c1-2-14-39-34(10-1)38-15-9-16-41-46(38)47(39)50-48(49-41)31-21-20-30-27-32(23-22-29(30)26-31)51-44-19-8-5-13-37(44)40-28-33(24-25-45(40)51)52-42-17-6-3-11-35(42)36-12-4-7-18-43(36)52/h1-28H. The van der Waals surface area contributed by atoms with Crippen LogP contribution in [0.4, 0.5) is 0 Å². The van der Waals surface area contributed by atoms with Crippen LogP contribution in [0.5, 0.6) is 0 Å². The van der Waals surface area contributed by atoms with Crippen LogP contribution >= 0.6 is 0 Å². The summed E-state index contributed by atoms with van der Waals surface area (Å²) >= 11 is 0. The molecule has 0 unspecified atom stereocenters. The Labute approximate surface area is 298 Å². The average Bonchev–Trinajstić information content (AvgIpc) is 3.84. The van der Waals surface area contributed by atoms with Gasteiger partial charge in [0.15, 0.2) is 5.82 Å². The van der Waals surface area contributed by atoms with E-state index < -0.39 is 0 Å². The molecule has 0 atom stereocenters. The average molecular weight is 661 g/mol. The lowest BCUT2D eigenvalue weighted by atomic mass is 10.0. The topological polar surface area (TPSA) is 35.6 Å². The number of para-hydroxylation sites is 3. The first kappa shape index (κ1) is 27.7. The number of fused-ring (bicyclic) bond motifs is 10. The molecule has 3 aromatic heterocycles. The molecule has 1 aliphatic rings. The maximum Gasteiger partial charge on any atom is 0.160 e. The zero-order valence-corrected chi connectivity index (χ0v) is 28.0. The monoisotopic (exact) mass is 660 g/mol. The van der Waals surface area contributed by atoms with Crippen LogP contribution < -0.4 is 0 Å². The molecule has 0 amide bonds. The smallest absolute Gasteiger partial charge is 0.160 e. The molecule has 0 fully saturated rings. The molecule has 11 aromatic rings. The lowest BCUT2D eigenvalue weighted by Gasteiger charge is -2.12. The summed E-state index contributed by atoms with van der Waals surface area (Å²) in [4.78, 5) is 10.2. The van der Waals surface area contributed by atoms with E-state index in [0.717, 1.165) is 44.7 Å². The highest BCUT2D eigenvalue weighted by Gasteiger charge is 2.24. The minimum absolute atomic E-state index is 0.754. The van der Waals surface area contributed by atoms with Crippen LogP contribution in [0.15, 0.2) is 170 Å². The maximum absolute atomic E-state index is 5.16. The van der Waals surface area contributed by atoms with Gasteiger partial charge < -0.3 is 9.13 Å². The molecule has 52 heavy (non-hydrogen) atoms. The van der Waals surface area contributed by atoms with Crippen molar-refractivity contribution in [3.63, 3.8) is 0 Å². The highest BCUT2D eigenvalue weighted by atomic mass is 15.0. The summed E-state index contributed by atoms with van der Waals surface area (Å²) in [6.07, 6.45) is 0. The van der Waals surface area contributed by atoms with E-state index in [2.05, 4.69) is 179 Å². The van der Waals surface area contributed by atoms with E-state index in [0.29, 0.717) is 0 Å². The van der Waals surface area contributed by atoms with Gasteiger partial charge in [-0.25, -0.2) is 9.97 Å². The third kappa shape index (κ3) is 3.75. The lowest BCUT2D eigenvalue weighted by Crippen LogP contribution is -1.96. The van der Waals surface area contributed by atoms with E-state index in [9.17, 15) is 0 Å². The van der Waals surface area contributed by atoms with Crippen molar-refractivity contribution in [2.75, 3.05) is 0 Å². The molecule has 3 heterocycles. The van der Waals surface area contributed by atoms with Crippen molar-refractivity contribution < 1.29 is 0 Å². The van der Waals surface area contributed by atoms with E-state index in [1.54, 1.807) is 0 Å². The van der Waals surface area contributed by atoms with Crippen LogP contribution in [-0.4, -0.2) is 19.1 Å². The minimum Gasteiger partial charge on any atom is -0.309 e.